The molecule has 0 fully saturated rings. The van der Waals surface area contributed by atoms with E-state index in [0.29, 0.717) is 11.4 Å². The van der Waals surface area contributed by atoms with Crippen LogP contribution in [-0.2, 0) is 4.79 Å². The molecule has 0 atom stereocenters. The Kier molecular flexibility index (Phi) is 4.63. The molecule has 0 saturated heterocycles. The third-order valence-electron chi connectivity index (χ3n) is 2.75. The number of hydrogen-bond acceptors (Lipinski definition) is 3. The van der Waals surface area contributed by atoms with Gasteiger partial charge in [0.25, 0.3) is 0 Å². The predicted octanol–water partition coefficient (Wildman–Crippen LogP) is 3.45. The highest BCUT2D eigenvalue weighted by Gasteiger charge is 2.08. The molecule has 2 aromatic rings. The Balaban J connectivity index is 1.94. The Morgan fingerprint density at radius 3 is 2.60 bits per heavy atom. The molecule has 2 rings (SSSR count). The molecule has 0 bridgehead atoms. The molecule has 0 spiro atoms. The highest BCUT2D eigenvalue weighted by atomic mass is 32.2. The van der Waals surface area contributed by atoms with Crippen LogP contribution in [0.4, 0.5) is 15.8 Å². The number of nitrogens with two attached hydrogens (primary N) is 1. The number of nitrogen functional groups attached to an aromatic ring is 1. The smallest absolute Gasteiger partial charge is 0.234 e. The molecular formula is C15H15FN2OS. The second kappa shape index (κ2) is 6.43. The van der Waals surface area contributed by atoms with Gasteiger partial charge in [-0.3, -0.25) is 4.79 Å². The summed E-state index contributed by atoms with van der Waals surface area (Å²) >= 11 is 1.35. The summed E-state index contributed by atoms with van der Waals surface area (Å²) in [5.41, 5.74) is 7.95. The molecule has 104 valence electrons. The van der Waals surface area contributed by atoms with Crippen molar-refractivity contribution in [3.63, 3.8) is 0 Å². The summed E-state index contributed by atoms with van der Waals surface area (Å²) in [6.07, 6.45) is 0. The molecule has 0 aliphatic heterocycles. The van der Waals surface area contributed by atoms with Crippen LogP contribution >= 0.6 is 11.8 Å². The predicted molar refractivity (Wildman–Crippen MR) is 81.3 cm³/mol. The van der Waals surface area contributed by atoms with Crippen LogP contribution in [0.2, 0.25) is 0 Å². The van der Waals surface area contributed by atoms with Crippen molar-refractivity contribution in [3.05, 3.63) is 53.8 Å². The summed E-state index contributed by atoms with van der Waals surface area (Å²) in [5.74, 6) is -0.175. The zero-order valence-electron chi connectivity index (χ0n) is 11.0. The summed E-state index contributed by atoms with van der Waals surface area (Å²) in [7, 11) is 0. The van der Waals surface area contributed by atoms with E-state index >= 15 is 0 Å². The number of halogens is 1. The second-order valence-corrected chi connectivity index (χ2v) is 5.38. The van der Waals surface area contributed by atoms with Gasteiger partial charge >= 0.3 is 0 Å². The summed E-state index contributed by atoms with van der Waals surface area (Å²) in [6, 6.07) is 11.5. The highest BCUT2D eigenvalue weighted by Crippen LogP contribution is 2.23. The van der Waals surface area contributed by atoms with E-state index in [9.17, 15) is 9.18 Å². The maximum absolute atomic E-state index is 12.8. The van der Waals surface area contributed by atoms with E-state index in [1.807, 2.05) is 19.1 Å². The number of nitrogens with one attached hydrogen (secondary N) is 1. The summed E-state index contributed by atoms with van der Waals surface area (Å²) < 4.78 is 12.8. The number of rotatable bonds is 4. The molecule has 0 radical (unpaired) electrons. The van der Waals surface area contributed by atoms with Crippen LogP contribution in [0.5, 0.6) is 0 Å². The molecule has 0 aliphatic rings. The van der Waals surface area contributed by atoms with Crippen molar-refractivity contribution >= 4 is 29.0 Å². The van der Waals surface area contributed by atoms with Crippen LogP contribution < -0.4 is 11.1 Å². The van der Waals surface area contributed by atoms with Gasteiger partial charge in [0.15, 0.2) is 0 Å². The fourth-order valence-electron chi connectivity index (χ4n) is 1.72. The molecule has 3 N–H and O–H groups in total. The molecule has 20 heavy (non-hydrogen) atoms. The van der Waals surface area contributed by atoms with Crippen LogP contribution in [0.15, 0.2) is 47.4 Å². The first-order chi connectivity index (χ1) is 9.56. The van der Waals surface area contributed by atoms with Crippen molar-refractivity contribution in [2.45, 2.75) is 11.8 Å². The minimum absolute atomic E-state index is 0.139. The lowest BCUT2D eigenvalue weighted by molar-refractivity contribution is -0.113. The van der Waals surface area contributed by atoms with Gasteiger partial charge in [0.1, 0.15) is 5.82 Å². The Hall–Kier alpha value is -2.01. The SMILES string of the molecule is Cc1cccc(N)c1NC(=O)CSc1ccc(F)cc1. The average molecular weight is 290 g/mol. The van der Waals surface area contributed by atoms with Crippen molar-refractivity contribution in [3.8, 4) is 0 Å². The van der Waals surface area contributed by atoms with E-state index in [2.05, 4.69) is 5.32 Å². The van der Waals surface area contributed by atoms with Crippen LogP contribution in [-0.4, -0.2) is 11.7 Å². The summed E-state index contributed by atoms with van der Waals surface area (Å²) in [5, 5.41) is 2.80. The molecule has 5 heteroatoms. The van der Waals surface area contributed by atoms with Gasteiger partial charge in [-0.1, -0.05) is 12.1 Å². The summed E-state index contributed by atoms with van der Waals surface area (Å²) in [6.45, 7) is 1.89. The van der Waals surface area contributed by atoms with Gasteiger partial charge in [0.2, 0.25) is 5.91 Å². The molecule has 0 unspecified atom stereocenters. The maximum atomic E-state index is 12.8. The Bertz CT molecular complexity index is 594. The molecule has 1 amide bonds. The molecule has 3 nitrogen and oxygen atoms in total. The third-order valence-corrected chi connectivity index (χ3v) is 3.77. The van der Waals surface area contributed by atoms with Crippen molar-refractivity contribution < 1.29 is 9.18 Å². The van der Waals surface area contributed by atoms with E-state index in [1.165, 1.54) is 23.9 Å². The fourth-order valence-corrected chi connectivity index (χ4v) is 2.41. The van der Waals surface area contributed by atoms with Gasteiger partial charge in [-0.2, -0.15) is 0 Å². The van der Waals surface area contributed by atoms with Crippen LogP contribution in [0.25, 0.3) is 0 Å². The Morgan fingerprint density at radius 1 is 1.25 bits per heavy atom. The zero-order valence-corrected chi connectivity index (χ0v) is 11.8. The first kappa shape index (κ1) is 14.4. The third kappa shape index (κ3) is 3.74. The van der Waals surface area contributed by atoms with Crippen LogP contribution in [0.1, 0.15) is 5.56 Å². The number of hydrogen-bond donors (Lipinski definition) is 2. The van der Waals surface area contributed by atoms with E-state index in [-0.39, 0.29) is 17.5 Å². The van der Waals surface area contributed by atoms with Crippen molar-refractivity contribution in [1.82, 2.24) is 0 Å². The normalized spacial score (nSPS) is 10.3. The number of carbonyl (C=O) groups excluding carboxylic acids is 1. The molecule has 0 aliphatic carbocycles. The van der Waals surface area contributed by atoms with Gasteiger partial charge in [-0.05, 0) is 42.8 Å². The lowest BCUT2D eigenvalue weighted by Crippen LogP contribution is -2.16. The number of anilines is 2. The monoisotopic (exact) mass is 290 g/mol. The van der Waals surface area contributed by atoms with Gasteiger partial charge in [-0.15, -0.1) is 11.8 Å². The number of benzene rings is 2. The topological polar surface area (TPSA) is 55.1 Å². The van der Waals surface area contributed by atoms with E-state index in [0.717, 1.165) is 10.5 Å². The Labute approximate surface area is 121 Å². The van der Waals surface area contributed by atoms with E-state index in [4.69, 9.17) is 5.73 Å². The number of amides is 1. The lowest BCUT2D eigenvalue weighted by Gasteiger charge is -2.10. The number of thioether (sulfide) groups is 1. The Morgan fingerprint density at radius 2 is 1.95 bits per heavy atom. The van der Waals surface area contributed by atoms with Crippen molar-refractivity contribution in [1.29, 1.82) is 0 Å². The largest absolute Gasteiger partial charge is 0.397 e. The van der Waals surface area contributed by atoms with E-state index in [1.54, 1.807) is 18.2 Å². The van der Waals surface area contributed by atoms with Gasteiger partial charge in [0, 0.05) is 4.90 Å². The van der Waals surface area contributed by atoms with Gasteiger partial charge in [0.05, 0.1) is 17.1 Å². The standard InChI is InChI=1S/C15H15FN2OS/c1-10-3-2-4-13(17)15(10)18-14(19)9-20-12-7-5-11(16)6-8-12/h2-8H,9,17H2,1H3,(H,18,19). The molecule has 0 heterocycles. The lowest BCUT2D eigenvalue weighted by atomic mass is 10.1. The highest BCUT2D eigenvalue weighted by molar-refractivity contribution is 8.00. The number of para-hydroxylation sites is 1. The maximum Gasteiger partial charge on any atom is 0.234 e. The number of aryl methyl sites for hydroxylation is 1. The quantitative estimate of drug-likeness (QED) is 0.670. The molecular weight excluding hydrogens is 275 g/mol. The molecule has 0 saturated carbocycles. The minimum Gasteiger partial charge on any atom is -0.397 e. The number of carbonyl (C=O) groups is 1. The van der Waals surface area contributed by atoms with Crippen LogP contribution in [0, 0.1) is 12.7 Å². The zero-order chi connectivity index (χ0) is 14.5. The van der Waals surface area contributed by atoms with Gasteiger partial charge in [-0.25, -0.2) is 4.39 Å². The minimum atomic E-state index is -0.286. The van der Waals surface area contributed by atoms with Crippen molar-refractivity contribution in [2.75, 3.05) is 16.8 Å². The van der Waals surface area contributed by atoms with Crippen molar-refractivity contribution in [2.24, 2.45) is 0 Å². The first-order valence-corrected chi connectivity index (χ1v) is 7.08. The average Bonchev–Trinajstić information content (AvgIpc) is 2.42. The first-order valence-electron chi connectivity index (χ1n) is 6.09. The molecule has 2 aromatic carbocycles. The fraction of sp³-hybridized carbons (Fsp3) is 0.133. The van der Waals surface area contributed by atoms with Gasteiger partial charge < -0.3 is 11.1 Å². The van der Waals surface area contributed by atoms with Crippen LogP contribution in [0.3, 0.4) is 0 Å². The molecule has 0 aromatic heterocycles. The summed E-state index contributed by atoms with van der Waals surface area (Å²) in [4.78, 5) is 12.7. The van der Waals surface area contributed by atoms with E-state index < -0.39 is 0 Å². The second-order valence-electron chi connectivity index (χ2n) is 4.33.